The summed E-state index contributed by atoms with van der Waals surface area (Å²) in [5.41, 5.74) is 3.58. The second kappa shape index (κ2) is 4.77. The van der Waals surface area contributed by atoms with Gasteiger partial charge in [0.25, 0.3) is 0 Å². The van der Waals surface area contributed by atoms with E-state index in [-0.39, 0.29) is 5.91 Å². The number of allylic oxidation sites excluding steroid dienone is 1. The van der Waals surface area contributed by atoms with Gasteiger partial charge in [0, 0.05) is 17.1 Å². The fraction of sp³-hybridized carbons (Fsp3) is 0.400. The van der Waals surface area contributed by atoms with Crippen molar-refractivity contribution >= 4 is 23.1 Å². The van der Waals surface area contributed by atoms with Crippen molar-refractivity contribution in [2.75, 3.05) is 0 Å². The molecule has 2 aliphatic carbocycles. The third-order valence-electron chi connectivity index (χ3n) is 3.54. The molecular weight excluding hydrogens is 246 g/mol. The third kappa shape index (κ3) is 2.59. The first-order valence-electron chi connectivity index (χ1n) is 6.52. The molecule has 1 aromatic rings. The van der Waals surface area contributed by atoms with Gasteiger partial charge in [0.1, 0.15) is 0 Å². The third-order valence-corrected chi connectivity index (χ3v) is 3.77. The van der Waals surface area contributed by atoms with Gasteiger partial charge in [-0.15, -0.1) is 0 Å². The van der Waals surface area contributed by atoms with E-state index in [9.17, 15) is 4.79 Å². The zero-order chi connectivity index (χ0) is 12.5. The zero-order valence-corrected chi connectivity index (χ0v) is 11.0. The molecule has 0 atom stereocenters. The minimum Gasteiger partial charge on any atom is -0.350 e. The largest absolute Gasteiger partial charge is 0.350 e. The molecule has 0 aliphatic heterocycles. The lowest BCUT2D eigenvalue weighted by atomic mass is 9.87. The van der Waals surface area contributed by atoms with Gasteiger partial charge in [-0.25, -0.2) is 0 Å². The van der Waals surface area contributed by atoms with E-state index < -0.39 is 0 Å². The minimum atomic E-state index is 0.0420. The summed E-state index contributed by atoms with van der Waals surface area (Å²) >= 11 is 6.05. The second-order valence-corrected chi connectivity index (χ2v) is 5.54. The zero-order valence-electron chi connectivity index (χ0n) is 10.2. The van der Waals surface area contributed by atoms with Crippen LogP contribution in [0.3, 0.4) is 0 Å². The van der Waals surface area contributed by atoms with Crippen molar-refractivity contribution in [2.45, 2.75) is 38.1 Å². The van der Waals surface area contributed by atoms with Crippen LogP contribution in [-0.4, -0.2) is 11.9 Å². The van der Waals surface area contributed by atoms with Crippen molar-refractivity contribution < 1.29 is 4.79 Å². The molecule has 0 bridgehead atoms. The summed E-state index contributed by atoms with van der Waals surface area (Å²) in [4.78, 5) is 11.8. The number of carbonyl (C=O) groups excluding carboxylic acids is 1. The molecule has 0 radical (unpaired) electrons. The van der Waals surface area contributed by atoms with Gasteiger partial charge in [-0.2, -0.15) is 0 Å². The number of benzene rings is 1. The molecule has 0 heterocycles. The molecule has 18 heavy (non-hydrogen) atoms. The van der Waals surface area contributed by atoms with Crippen LogP contribution in [0, 0.1) is 0 Å². The molecule has 1 aromatic carbocycles. The van der Waals surface area contributed by atoms with Crippen molar-refractivity contribution in [3.05, 3.63) is 40.4 Å². The van der Waals surface area contributed by atoms with Crippen molar-refractivity contribution in [3.63, 3.8) is 0 Å². The molecule has 2 aliphatic rings. The van der Waals surface area contributed by atoms with Gasteiger partial charge in [0.05, 0.1) is 0 Å². The summed E-state index contributed by atoms with van der Waals surface area (Å²) in [5.74, 6) is 0.0420. The topological polar surface area (TPSA) is 29.1 Å². The van der Waals surface area contributed by atoms with Crippen LogP contribution in [0.15, 0.2) is 24.3 Å². The molecule has 3 rings (SSSR count). The van der Waals surface area contributed by atoms with Crippen LogP contribution in [0.2, 0.25) is 5.02 Å². The van der Waals surface area contributed by atoms with Crippen LogP contribution in [0.5, 0.6) is 0 Å². The van der Waals surface area contributed by atoms with Gasteiger partial charge in [0.15, 0.2) is 0 Å². The molecule has 1 saturated carbocycles. The highest BCUT2D eigenvalue weighted by Gasteiger charge is 2.23. The highest BCUT2D eigenvalue weighted by molar-refractivity contribution is 6.30. The molecule has 0 unspecified atom stereocenters. The quantitative estimate of drug-likeness (QED) is 0.813. The van der Waals surface area contributed by atoms with Crippen LogP contribution in [0.4, 0.5) is 0 Å². The number of aryl methyl sites for hydroxylation is 1. The average Bonchev–Trinajstić information content (AvgIpc) is 3.14. The molecular formula is C15H16ClNO. The van der Waals surface area contributed by atoms with Crippen molar-refractivity contribution in [3.8, 4) is 0 Å². The molecule has 0 aromatic heterocycles. The molecule has 1 fully saturated rings. The Hall–Kier alpha value is -1.28. The SMILES string of the molecule is O=C(/C=C1\CCCc2ccc(Cl)cc21)NC1CC1. The van der Waals surface area contributed by atoms with Crippen LogP contribution in [0.25, 0.3) is 5.57 Å². The van der Waals surface area contributed by atoms with E-state index in [2.05, 4.69) is 11.4 Å². The Morgan fingerprint density at radius 1 is 1.33 bits per heavy atom. The van der Waals surface area contributed by atoms with Crippen LogP contribution < -0.4 is 5.32 Å². The van der Waals surface area contributed by atoms with E-state index in [1.54, 1.807) is 6.08 Å². The van der Waals surface area contributed by atoms with Gasteiger partial charge in [0.2, 0.25) is 5.91 Å². The lowest BCUT2D eigenvalue weighted by molar-refractivity contribution is -0.116. The van der Waals surface area contributed by atoms with Gasteiger partial charge >= 0.3 is 0 Å². The van der Waals surface area contributed by atoms with E-state index >= 15 is 0 Å². The monoisotopic (exact) mass is 261 g/mol. The summed E-state index contributed by atoms with van der Waals surface area (Å²) < 4.78 is 0. The molecule has 1 N–H and O–H groups in total. The predicted molar refractivity (Wildman–Crippen MR) is 73.5 cm³/mol. The number of rotatable bonds is 2. The Balaban J connectivity index is 1.87. The number of halogens is 1. The molecule has 2 nitrogen and oxygen atoms in total. The van der Waals surface area contributed by atoms with Crippen LogP contribution in [0.1, 0.15) is 36.8 Å². The van der Waals surface area contributed by atoms with Crippen molar-refractivity contribution in [1.29, 1.82) is 0 Å². The fourth-order valence-electron chi connectivity index (χ4n) is 2.45. The summed E-state index contributed by atoms with van der Waals surface area (Å²) in [7, 11) is 0. The summed E-state index contributed by atoms with van der Waals surface area (Å²) in [5, 5.41) is 3.74. The lowest BCUT2D eigenvalue weighted by Gasteiger charge is -2.19. The van der Waals surface area contributed by atoms with Gasteiger partial charge in [-0.05, 0) is 60.9 Å². The minimum absolute atomic E-state index is 0.0420. The Bertz CT molecular complexity index is 517. The highest BCUT2D eigenvalue weighted by atomic mass is 35.5. The Labute approximate surface area is 112 Å². The number of fused-ring (bicyclic) bond motifs is 1. The standard InChI is InChI=1S/C15H16ClNO/c16-12-5-4-10-2-1-3-11(14(10)9-12)8-15(18)17-13-6-7-13/h4-5,8-9,13H,1-3,6-7H2,(H,17,18)/b11-8+. The summed E-state index contributed by atoms with van der Waals surface area (Å²) in [6.07, 6.45) is 7.15. The number of carbonyl (C=O) groups is 1. The fourth-order valence-corrected chi connectivity index (χ4v) is 2.62. The predicted octanol–water partition coefficient (Wildman–Crippen LogP) is 3.34. The van der Waals surface area contributed by atoms with E-state index in [1.165, 1.54) is 5.56 Å². The number of nitrogens with one attached hydrogen (secondary N) is 1. The maximum atomic E-state index is 11.8. The van der Waals surface area contributed by atoms with Crippen molar-refractivity contribution in [1.82, 2.24) is 5.32 Å². The van der Waals surface area contributed by atoms with E-state index in [0.717, 1.165) is 48.3 Å². The molecule has 94 valence electrons. The highest BCUT2D eigenvalue weighted by Crippen LogP contribution is 2.32. The number of amides is 1. The lowest BCUT2D eigenvalue weighted by Crippen LogP contribution is -2.23. The smallest absolute Gasteiger partial charge is 0.244 e. The molecule has 3 heteroatoms. The van der Waals surface area contributed by atoms with E-state index in [0.29, 0.717) is 6.04 Å². The maximum absolute atomic E-state index is 11.8. The van der Waals surface area contributed by atoms with Crippen LogP contribution in [-0.2, 0) is 11.2 Å². The van der Waals surface area contributed by atoms with Gasteiger partial charge in [-0.1, -0.05) is 17.7 Å². The first-order valence-corrected chi connectivity index (χ1v) is 6.90. The van der Waals surface area contributed by atoms with Gasteiger partial charge in [-0.3, -0.25) is 4.79 Å². The normalized spacial score (nSPS) is 20.6. The first-order chi connectivity index (χ1) is 8.72. The molecule has 0 saturated heterocycles. The van der Waals surface area contributed by atoms with E-state index in [4.69, 9.17) is 11.6 Å². The Morgan fingerprint density at radius 3 is 2.94 bits per heavy atom. The summed E-state index contributed by atoms with van der Waals surface area (Å²) in [6.45, 7) is 0. The Kier molecular flexibility index (Phi) is 3.13. The Morgan fingerprint density at radius 2 is 2.17 bits per heavy atom. The number of hydrogen-bond donors (Lipinski definition) is 1. The summed E-state index contributed by atoms with van der Waals surface area (Å²) in [6, 6.07) is 6.39. The maximum Gasteiger partial charge on any atom is 0.244 e. The van der Waals surface area contributed by atoms with Gasteiger partial charge < -0.3 is 5.32 Å². The van der Waals surface area contributed by atoms with Crippen LogP contribution >= 0.6 is 11.6 Å². The molecule has 0 spiro atoms. The second-order valence-electron chi connectivity index (χ2n) is 5.11. The average molecular weight is 262 g/mol. The van der Waals surface area contributed by atoms with Crippen molar-refractivity contribution in [2.24, 2.45) is 0 Å². The van der Waals surface area contributed by atoms with E-state index in [1.807, 2.05) is 12.1 Å². The molecule has 1 amide bonds. The first kappa shape index (κ1) is 11.8. The number of hydrogen-bond acceptors (Lipinski definition) is 1.